The molecule has 1 aliphatic carbocycles. The van der Waals surface area contributed by atoms with Crippen molar-refractivity contribution in [2.75, 3.05) is 45.2 Å². The SMILES string of the molecule is CC(=O)SCC(=O)N[C@@H](CCCCNC(=O)C1(F)CCCCCc2c1nnn2CCO[C@@H]1O[C@H](CO)[C@@H](O[C@@H]2O[C@H](CO)[C@H](O)[C@H](O)[C@H]2O)[C@H](O)[C@H]1O)C(=O)NCc1cn(CCCC[C@@H]2NC(=O)[C@@H](Cc3ccccc3)NC(=O)[C@H](CC(=O)O)NC(=O)CNC(=O)[C@H](CCCN=C(N)N)NC2=O)nn1. The number of carboxylic acids is 1. The highest BCUT2D eigenvalue weighted by atomic mass is 32.2. The Bertz CT molecular complexity index is 3410. The molecule has 4 aliphatic rings. The first-order chi connectivity index (χ1) is 49.7. The van der Waals surface area contributed by atoms with Gasteiger partial charge in [0.15, 0.2) is 23.7 Å². The van der Waals surface area contributed by atoms with Gasteiger partial charge in [-0.1, -0.05) is 58.9 Å². The molecule has 8 amide bonds. The predicted molar refractivity (Wildman–Crippen MR) is 358 cm³/mol. The summed E-state index contributed by atoms with van der Waals surface area (Å²) in [6, 6.07) is 1.66. The number of amides is 8. The van der Waals surface area contributed by atoms with Crippen LogP contribution in [0.15, 0.2) is 41.5 Å². The van der Waals surface area contributed by atoms with E-state index in [1.807, 2.05) is 0 Å². The number of fused-ring (bicyclic) bond motifs is 1. The number of carbonyl (C=O) groups excluding carboxylic acids is 9. The van der Waals surface area contributed by atoms with E-state index in [0.717, 1.165) is 11.8 Å². The normalized spacial score (nSPS) is 27.5. The molecule has 1 aromatic carbocycles. The van der Waals surface area contributed by atoms with E-state index in [1.165, 1.54) is 16.3 Å². The molecular weight excluding hydrogens is 1400 g/mol. The number of aliphatic hydroxyl groups excluding tert-OH is 7. The van der Waals surface area contributed by atoms with E-state index in [0.29, 0.717) is 42.6 Å². The number of guanidine groups is 1. The molecule has 3 saturated heterocycles. The van der Waals surface area contributed by atoms with Crippen molar-refractivity contribution in [1.29, 1.82) is 0 Å². The molecule has 576 valence electrons. The molecule has 2 aromatic heterocycles. The molecule has 20 N–H and O–H groups in total. The lowest BCUT2D eigenvalue weighted by atomic mass is 9.88. The summed E-state index contributed by atoms with van der Waals surface area (Å²) in [5.74, 6) is -8.59. The molecule has 41 heteroatoms. The molecule has 3 aliphatic heterocycles. The number of benzene rings is 1. The first kappa shape index (κ1) is 82.8. The van der Waals surface area contributed by atoms with Gasteiger partial charge in [0.25, 0.3) is 5.91 Å². The van der Waals surface area contributed by atoms with Gasteiger partial charge in [-0.25, -0.2) is 9.07 Å². The largest absolute Gasteiger partial charge is 0.481 e. The molecule has 3 aromatic rings. The van der Waals surface area contributed by atoms with Crippen LogP contribution < -0.4 is 54.0 Å². The van der Waals surface area contributed by atoms with Crippen molar-refractivity contribution >= 4 is 76.1 Å². The van der Waals surface area contributed by atoms with Crippen molar-refractivity contribution in [3.8, 4) is 0 Å². The average molecular weight is 1490 g/mol. The van der Waals surface area contributed by atoms with Crippen LogP contribution in [0.2, 0.25) is 0 Å². The van der Waals surface area contributed by atoms with E-state index in [9.17, 15) is 88.8 Å². The Morgan fingerprint density at radius 2 is 1.45 bits per heavy atom. The highest BCUT2D eigenvalue weighted by Crippen LogP contribution is 2.37. The van der Waals surface area contributed by atoms with Gasteiger partial charge >= 0.3 is 5.97 Å². The molecule has 1 unspecified atom stereocenters. The van der Waals surface area contributed by atoms with E-state index in [4.69, 9.17) is 30.4 Å². The lowest BCUT2D eigenvalue weighted by Gasteiger charge is -2.45. The van der Waals surface area contributed by atoms with E-state index in [1.54, 1.807) is 36.5 Å². The number of nitrogens with two attached hydrogens (primary N) is 2. The molecule has 0 radical (unpaired) electrons. The van der Waals surface area contributed by atoms with Crippen LogP contribution in [0.25, 0.3) is 0 Å². The summed E-state index contributed by atoms with van der Waals surface area (Å²) in [5.41, 5.74) is 9.27. The van der Waals surface area contributed by atoms with Crippen LogP contribution in [-0.2, 0) is 105 Å². The number of aromatic nitrogens is 6. The van der Waals surface area contributed by atoms with E-state index >= 15 is 4.39 Å². The van der Waals surface area contributed by atoms with Crippen molar-refractivity contribution in [3.63, 3.8) is 0 Å². The Morgan fingerprint density at radius 3 is 2.16 bits per heavy atom. The number of hydrogen-bond donors (Lipinski definition) is 18. The van der Waals surface area contributed by atoms with Crippen molar-refractivity contribution in [1.82, 2.24) is 72.5 Å². The zero-order valence-electron chi connectivity index (χ0n) is 57.2. The van der Waals surface area contributed by atoms with Crippen LogP contribution in [0.1, 0.15) is 113 Å². The van der Waals surface area contributed by atoms with E-state index < -0.39 is 177 Å². The second-order valence-corrected chi connectivity index (χ2v) is 26.6. The number of unbranched alkanes of at least 4 members (excludes halogenated alkanes) is 2. The molecule has 0 saturated carbocycles. The monoisotopic (exact) mass is 1490 g/mol. The molecule has 104 heavy (non-hydrogen) atoms. The molecule has 16 atom stereocenters. The maximum absolute atomic E-state index is 17.3. The molecule has 0 spiro atoms. The van der Waals surface area contributed by atoms with Crippen molar-refractivity contribution in [2.24, 2.45) is 16.5 Å². The Kier molecular flexibility index (Phi) is 32.4. The van der Waals surface area contributed by atoms with Crippen molar-refractivity contribution in [3.05, 3.63) is 59.2 Å². The van der Waals surface area contributed by atoms with Gasteiger partial charge in [-0.3, -0.25) is 57.6 Å². The minimum absolute atomic E-state index is 0.0315. The quantitative estimate of drug-likeness (QED) is 0.0153. The van der Waals surface area contributed by atoms with Gasteiger partial charge in [0.1, 0.15) is 90.4 Å². The summed E-state index contributed by atoms with van der Waals surface area (Å²) < 4.78 is 42.5. The van der Waals surface area contributed by atoms with Crippen LogP contribution in [-0.4, -0.2) is 272 Å². The average Bonchev–Trinajstić information content (AvgIpc) is 1.59. The maximum Gasteiger partial charge on any atom is 0.305 e. The number of rotatable bonds is 33. The third-order valence-corrected chi connectivity index (χ3v) is 18.4. The minimum atomic E-state index is -2.63. The molecule has 7 rings (SSSR count). The van der Waals surface area contributed by atoms with Crippen LogP contribution in [0, 0.1) is 0 Å². The number of aliphatic imine (C=N–C) groups is 1. The van der Waals surface area contributed by atoms with Gasteiger partial charge in [-0.15, -0.1) is 10.2 Å². The number of hydrogen-bond acceptors (Lipinski definition) is 27. The molecule has 3 fully saturated rings. The summed E-state index contributed by atoms with van der Waals surface area (Å²) in [6.07, 6.45) is -13.5. The van der Waals surface area contributed by atoms with E-state index in [2.05, 4.69) is 68.2 Å². The van der Waals surface area contributed by atoms with Crippen LogP contribution in [0.5, 0.6) is 0 Å². The Labute approximate surface area is 599 Å². The maximum atomic E-state index is 17.3. The summed E-state index contributed by atoms with van der Waals surface area (Å²) in [6.45, 7) is -1.35. The zero-order valence-corrected chi connectivity index (χ0v) is 58.0. The number of aliphatic hydroxyl groups is 7. The molecule has 5 heterocycles. The fraction of sp³-hybridized carbons (Fsp3) is 0.667. The van der Waals surface area contributed by atoms with Crippen molar-refractivity contribution in [2.45, 2.75) is 220 Å². The summed E-state index contributed by atoms with van der Waals surface area (Å²) in [7, 11) is 0. The first-order valence-electron chi connectivity index (χ1n) is 34.2. The summed E-state index contributed by atoms with van der Waals surface area (Å²) >= 11 is 0.732. The Balaban J connectivity index is 0.924. The third-order valence-electron chi connectivity index (χ3n) is 17.6. The second-order valence-electron chi connectivity index (χ2n) is 25.4. The topological polar surface area (TPSA) is 592 Å². The first-order valence-corrected chi connectivity index (χ1v) is 35.2. The number of carbonyl (C=O) groups is 10. The van der Waals surface area contributed by atoms with Crippen LogP contribution >= 0.6 is 11.8 Å². The second kappa shape index (κ2) is 40.7. The standard InChI is InChI=1S/C63H94FN17O22S/c1-33(84)104-32-45(86)71-36(15-7-10-20-67-61(99)63(64)19-9-3-6-18-41-53(63)77-79-81(41)23-24-100-59-51(93)49(91)52(43(31-83)102-59)103-60-50(92)48(90)47(89)42(30-82)101-60)54(94)69-27-35-29-80(78-76-35)22-11-8-16-38-56(96)73-37(17-12-21-68-62(65)66)55(95)70-28-44(85)72-40(26-46(87)88)58(98)75-39(57(97)74-38)25-34-13-4-2-5-14-34/h2,4-5,13-14,29,36-40,42-43,47-52,59-60,82-83,89-93H,3,6-12,15-28,30-32H2,1H3,(H,67,99)(H,69,94)(H,70,95)(H,71,86)(H,72,85)(H,73,96)(H,74,97)(H,75,98)(H,87,88)(H4,65,66,68)/t36-,37-,38-,39+,40-,42+,43+,47-,48-,49+,50+,51+,52+,59+,60-,63?/m0/s1. The lowest BCUT2D eigenvalue weighted by molar-refractivity contribution is -0.359. The smallest absolute Gasteiger partial charge is 0.305 e. The number of carboxylic acid groups (broad SMARTS) is 1. The number of halogens is 1. The fourth-order valence-corrected chi connectivity index (χ4v) is 12.4. The van der Waals surface area contributed by atoms with Gasteiger partial charge < -0.3 is 114 Å². The van der Waals surface area contributed by atoms with Gasteiger partial charge in [-0.2, -0.15) is 0 Å². The summed E-state index contributed by atoms with van der Waals surface area (Å²) in [4.78, 5) is 137. The molecule has 39 nitrogen and oxygen atoms in total. The number of ether oxygens (including phenoxy) is 4. The van der Waals surface area contributed by atoms with Crippen LogP contribution in [0.4, 0.5) is 4.39 Å². The Hall–Kier alpha value is -8.49. The Morgan fingerprint density at radius 1 is 0.769 bits per heavy atom. The summed E-state index contributed by atoms with van der Waals surface area (Å²) in [5, 5.41) is 119. The van der Waals surface area contributed by atoms with Gasteiger partial charge in [0.05, 0.1) is 63.5 Å². The molecule has 0 bridgehead atoms. The van der Waals surface area contributed by atoms with Gasteiger partial charge in [-0.05, 0) is 82.6 Å². The van der Waals surface area contributed by atoms with E-state index in [-0.39, 0.29) is 126 Å². The number of aryl methyl sites for hydroxylation is 1. The highest BCUT2D eigenvalue weighted by Gasteiger charge is 2.51. The fourth-order valence-electron chi connectivity index (χ4n) is 12.0. The predicted octanol–water partition coefficient (Wildman–Crippen LogP) is -6.83. The van der Waals surface area contributed by atoms with Gasteiger partial charge in [0.2, 0.25) is 47.0 Å². The number of nitrogens with one attached hydrogen (secondary N) is 8. The molecular formula is C63H94FN17O22S. The number of aliphatic carboxylic acids is 1. The highest BCUT2D eigenvalue weighted by molar-refractivity contribution is 8.14. The zero-order chi connectivity index (χ0) is 75.6. The van der Waals surface area contributed by atoms with Crippen LogP contribution in [0.3, 0.4) is 0 Å². The third kappa shape index (κ3) is 24.3. The lowest BCUT2D eigenvalue weighted by Crippen LogP contribution is -2.64. The number of thioether (sulfide) groups is 1. The number of nitrogens with zero attached hydrogens (tertiary/aromatic N) is 7. The minimum Gasteiger partial charge on any atom is -0.481 e. The van der Waals surface area contributed by atoms with Crippen molar-refractivity contribution < 1.29 is 112 Å². The number of alkyl halides is 1. The van der Waals surface area contributed by atoms with Gasteiger partial charge in [0, 0.05) is 33.0 Å².